The van der Waals surface area contributed by atoms with Crippen molar-refractivity contribution in [1.29, 1.82) is 0 Å². The summed E-state index contributed by atoms with van der Waals surface area (Å²) in [5.41, 5.74) is 2.26. The van der Waals surface area contributed by atoms with Crippen molar-refractivity contribution < 1.29 is 27.4 Å². The summed E-state index contributed by atoms with van der Waals surface area (Å²) in [6, 6.07) is 15.3. The lowest BCUT2D eigenvalue weighted by molar-refractivity contribution is 0.0696. The minimum atomic E-state index is -4.14. The Labute approximate surface area is 198 Å². The zero-order valence-electron chi connectivity index (χ0n) is 18.8. The minimum Gasteiger partial charge on any atom is -0.495 e. The molecule has 0 bridgehead atoms. The molecule has 0 unspecified atom stereocenters. The van der Waals surface area contributed by atoms with Gasteiger partial charge in [-0.1, -0.05) is 49.6 Å². The highest BCUT2D eigenvalue weighted by Gasteiger charge is 2.20. The predicted octanol–water partition coefficient (Wildman–Crippen LogP) is 6.05. The number of carboxylic acids is 1. The third kappa shape index (κ3) is 5.07. The van der Waals surface area contributed by atoms with Crippen LogP contribution in [0.15, 0.2) is 65.6 Å². The summed E-state index contributed by atoms with van der Waals surface area (Å²) in [7, 11) is -2.84. The van der Waals surface area contributed by atoms with Gasteiger partial charge in [0.1, 0.15) is 11.6 Å². The number of methoxy groups -OCH3 is 1. The van der Waals surface area contributed by atoms with Gasteiger partial charge < -0.3 is 9.84 Å². The number of halogens is 1. The highest BCUT2D eigenvalue weighted by molar-refractivity contribution is 7.92. The molecule has 178 valence electrons. The van der Waals surface area contributed by atoms with Crippen LogP contribution in [0.2, 0.25) is 0 Å². The number of benzene rings is 3. The second kappa shape index (κ2) is 9.85. The van der Waals surface area contributed by atoms with Gasteiger partial charge >= 0.3 is 5.97 Å². The number of aromatic carboxylic acids is 1. The normalized spacial score (nSPS) is 14.5. The van der Waals surface area contributed by atoms with Crippen LogP contribution in [-0.4, -0.2) is 26.6 Å². The number of rotatable bonds is 7. The van der Waals surface area contributed by atoms with Gasteiger partial charge in [-0.3, -0.25) is 4.72 Å². The molecule has 0 radical (unpaired) electrons. The SMILES string of the molecule is COc1cc(C(=O)O)ccc1NS(=O)(=O)c1ccc(-c2ccc(C3CCCCC3)cc2)c(F)c1. The summed E-state index contributed by atoms with van der Waals surface area (Å²) in [6.45, 7) is 0. The van der Waals surface area contributed by atoms with Crippen LogP contribution in [0.25, 0.3) is 11.1 Å². The largest absolute Gasteiger partial charge is 0.495 e. The molecule has 1 saturated carbocycles. The summed E-state index contributed by atoms with van der Waals surface area (Å²) >= 11 is 0. The molecule has 0 amide bonds. The lowest BCUT2D eigenvalue weighted by Crippen LogP contribution is -2.14. The van der Waals surface area contributed by atoms with Crippen LogP contribution < -0.4 is 9.46 Å². The van der Waals surface area contributed by atoms with E-state index in [-0.39, 0.29) is 21.9 Å². The van der Waals surface area contributed by atoms with Crippen LogP contribution in [0.4, 0.5) is 10.1 Å². The zero-order valence-corrected chi connectivity index (χ0v) is 19.6. The van der Waals surface area contributed by atoms with Gasteiger partial charge in [-0.05, 0) is 60.2 Å². The third-order valence-electron chi connectivity index (χ3n) is 6.24. The minimum absolute atomic E-state index is 0.0404. The van der Waals surface area contributed by atoms with Crippen molar-refractivity contribution in [3.63, 3.8) is 0 Å². The smallest absolute Gasteiger partial charge is 0.335 e. The summed E-state index contributed by atoms with van der Waals surface area (Å²) in [4.78, 5) is 10.9. The van der Waals surface area contributed by atoms with Crippen molar-refractivity contribution in [2.75, 3.05) is 11.8 Å². The first-order chi connectivity index (χ1) is 16.3. The number of hydrogen-bond donors (Lipinski definition) is 2. The van der Waals surface area contributed by atoms with E-state index in [1.807, 2.05) is 24.3 Å². The van der Waals surface area contributed by atoms with Gasteiger partial charge in [-0.15, -0.1) is 0 Å². The molecule has 34 heavy (non-hydrogen) atoms. The van der Waals surface area contributed by atoms with Crippen molar-refractivity contribution in [3.05, 3.63) is 77.6 Å². The average molecular weight is 484 g/mol. The molecule has 2 N–H and O–H groups in total. The van der Waals surface area contributed by atoms with Gasteiger partial charge in [0, 0.05) is 5.56 Å². The van der Waals surface area contributed by atoms with E-state index in [9.17, 15) is 17.6 Å². The van der Waals surface area contributed by atoms with Gasteiger partial charge in [0.15, 0.2) is 0 Å². The fourth-order valence-corrected chi connectivity index (χ4v) is 5.46. The van der Waals surface area contributed by atoms with E-state index >= 15 is 0 Å². The Morgan fingerprint density at radius 2 is 1.71 bits per heavy atom. The number of anilines is 1. The van der Waals surface area contributed by atoms with E-state index in [4.69, 9.17) is 9.84 Å². The predicted molar refractivity (Wildman–Crippen MR) is 128 cm³/mol. The maximum atomic E-state index is 15.0. The standard InChI is InChI=1S/C26H26FNO5S/c1-33-25-15-20(26(29)30)11-14-24(25)28-34(31,32)21-12-13-22(23(27)16-21)19-9-7-18(8-10-19)17-5-3-2-4-6-17/h7-17,28H,2-6H2,1H3,(H,29,30). The Balaban J connectivity index is 1.56. The van der Waals surface area contributed by atoms with Crippen molar-refractivity contribution in [2.24, 2.45) is 0 Å². The van der Waals surface area contributed by atoms with Crippen LogP contribution in [-0.2, 0) is 10.0 Å². The summed E-state index contributed by atoms with van der Waals surface area (Å²) < 4.78 is 48.1. The number of carboxylic acid groups (broad SMARTS) is 1. The molecular formula is C26H26FNO5S. The number of sulfonamides is 1. The molecule has 1 aliphatic rings. The first-order valence-corrected chi connectivity index (χ1v) is 12.6. The molecule has 8 heteroatoms. The van der Waals surface area contributed by atoms with Crippen LogP contribution in [0.5, 0.6) is 5.75 Å². The van der Waals surface area contributed by atoms with Gasteiger partial charge in [0.05, 0.1) is 23.3 Å². The molecule has 3 aromatic rings. The summed E-state index contributed by atoms with van der Waals surface area (Å²) in [6.07, 6.45) is 6.11. The first kappa shape index (κ1) is 23.8. The number of nitrogens with one attached hydrogen (secondary N) is 1. The van der Waals surface area contributed by atoms with Crippen LogP contribution in [0.1, 0.15) is 53.9 Å². The Kier molecular flexibility index (Phi) is 6.88. The fourth-order valence-electron chi connectivity index (χ4n) is 4.38. The van der Waals surface area contributed by atoms with Crippen LogP contribution >= 0.6 is 0 Å². The molecule has 4 rings (SSSR count). The van der Waals surface area contributed by atoms with E-state index in [1.165, 1.54) is 75.1 Å². The molecule has 0 heterocycles. The maximum Gasteiger partial charge on any atom is 0.335 e. The molecule has 1 aliphatic carbocycles. The lowest BCUT2D eigenvalue weighted by Gasteiger charge is -2.22. The first-order valence-electron chi connectivity index (χ1n) is 11.1. The molecule has 0 spiro atoms. The second-order valence-corrected chi connectivity index (χ2v) is 10.1. The number of carbonyl (C=O) groups is 1. The van der Waals surface area contributed by atoms with Crippen molar-refractivity contribution in [2.45, 2.75) is 42.9 Å². The molecule has 0 saturated heterocycles. The quantitative estimate of drug-likeness (QED) is 0.427. The lowest BCUT2D eigenvalue weighted by atomic mass is 9.84. The second-order valence-electron chi connectivity index (χ2n) is 8.42. The number of ether oxygens (including phenoxy) is 1. The van der Waals surface area contributed by atoms with Crippen LogP contribution in [0.3, 0.4) is 0 Å². The van der Waals surface area contributed by atoms with Gasteiger partial charge in [-0.2, -0.15) is 0 Å². The molecule has 3 aromatic carbocycles. The van der Waals surface area contributed by atoms with Crippen molar-refractivity contribution in [1.82, 2.24) is 0 Å². The molecule has 0 aliphatic heterocycles. The molecular weight excluding hydrogens is 457 g/mol. The van der Waals surface area contributed by atoms with Crippen molar-refractivity contribution in [3.8, 4) is 16.9 Å². The van der Waals surface area contributed by atoms with Gasteiger partial charge in [0.25, 0.3) is 10.0 Å². The Morgan fingerprint density at radius 3 is 2.32 bits per heavy atom. The van der Waals surface area contributed by atoms with Gasteiger partial charge in [-0.25, -0.2) is 17.6 Å². The molecule has 6 nitrogen and oxygen atoms in total. The Bertz CT molecular complexity index is 1300. The van der Waals surface area contributed by atoms with E-state index in [2.05, 4.69) is 4.72 Å². The maximum absolute atomic E-state index is 15.0. The summed E-state index contributed by atoms with van der Waals surface area (Å²) in [5.74, 6) is -1.23. The van der Waals surface area contributed by atoms with E-state index in [0.717, 1.165) is 6.07 Å². The average Bonchev–Trinajstić information content (AvgIpc) is 2.84. The van der Waals surface area contributed by atoms with E-state index in [0.29, 0.717) is 17.0 Å². The topological polar surface area (TPSA) is 92.7 Å². The number of hydrogen-bond acceptors (Lipinski definition) is 4. The van der Waals surface area contributed by atoms with E-state index < -0.39 is 21.8 Å². The Hall–Kier alpha value is -3.39. The zero-order chi connectivity index (χ0) is 24.3. The van der Waals surface area contributed by atoms with Crippen molar-refractivity contribution >= 4 is 21.7 Å². The summed E-state index contributed by atoms with van der Waals surface area (Å²) in [5, 5.41) is 9.10. The van der Waals surface area contributed by atoms with Gasteiger partial charge in [0.2, 0.25) is 0 Å². The fraction of sp³-hybridized carbons (Fsp3) is 0.269. The van der Waals surface area contributed by atoms with E-state index in [1.54, 1.807) is 0 Å². The highest BCUT2D eigenvalue weighted by atomic mass is 32.2. The highest BCUT2D eigenvalue weighted by Crippen LogP contribution is 2.34. The molecule has 1 fully saturated rings. The molecule has 0 atom stereocenters. The van der Waals surface area contributed by atoms with Crippen LogP contribution in [0, 0.1) is 5.82 Å². The third-order valence-corrected chi connectivity index (χ3v) is 7.61. The Morgan fingerprint density at radius 1 is 1.00 bits per heavy atom. The molecule has 0 aromatic heterocycles. The monoisotopic (exact) mass is 483 g/mol.